The van der Waals surface area contributed by atoms with Crippen LogP contribution in [0.1, 0.15) is 49.3 Å². The number of esters is 1. The van der Waals surface area contributed by atoms with Gasteiger partial charge in [-0.3, -0.25) is 9.78 Å². The number of hydrogen-bond donors (Lipinski definition) is 0. The number of nitrogens with zero attached hydrogens (tertiary/aromatic N) is 4. The van der Waals surface area contributed by atoms with Gasteiger partial charge in [-0.1, -0.05) is 29.3 Å². The van der Waals surface area contributed by atoms with Crippen LogP contribution in [0.3, 0.4) is 0 Å². The predicted molar refractivity (Wildman–Crippen MR) is 177 cm³/mol. The van der Waals surface area contributed by atoms with Crippen LogP contribution < -0.4 is 14.4 Å². The highest BCUT2D eigenvalue weighted by atomic mass is 35.5. The van der Waals surface area contributed by atoms with Crippen molar-refractivity contribution < 1.29 is 40.9 Å². The van der Waals surface area contributed by atoms with Crippen LogP contribution in [0, 0.1) is 5.92 Å². The van der Waals surface area contributed by atoms with Gasteiger partial charge in [-0.15, -0.1) is 0 Å². The Morgan fingerprint density at radius 2 is 1.73 bits per heavy atom. The van der Waals surface area contributed by atoms with Crippen LogP contribution in [0.2, 0.25) is 10.0 Å². The van der Waals surface area contributed by atoms with Crippen molar-refractivity contribution in [2.75, 3.05) is 44.4 Å². The molecule has 49 heavy (non-hydrogen) atoms. The second kappa shape index (κ2) is 15.7. The molecule has 2 aromatic heterocycles. The summed E-state index contributed by atoms with van der Waals surface area (Å²) >= 11 is 12.9. The highest BCUT2D eigenvalue weighted by Crippen LogP contribution is 2.38. The molecule has 16 heteroatoms. The number of aromatic nitrogens is 2. The minimum Gasteiger partial charge on any atom is -0.489 e. The summed E-state index contributed by atoms with van der Waals surface area (Å²) in [5.41, 5.74) is 0.821. The zero-order chi connectivity index (χ0) is 34.5. The first-order valence-corrected chi connectivity index (χ1v) is 18.3. The third-order valence-corrected chi connectivity index (χ3v) is 11.3. The minimum atomic E-state index is -4.14. The normalized spacial score (nSPS) is 19.4. The lowest BCUT2D eigenvalue weighted by Gasteiger charge is -2.34. The molecule has 1 aromatic carbocycles. The van der Waals surface area contributed by atoms with E-state index in [0.717, 1.165) is 17.1 Å². The molecule has 11 nitrogen and oxygen atoms in total. The number of carbonyl (C=O) groups is 1. The van der Waals surface area contributed by atoms with Crippen LogP contribution in [-0.4, -0.2) is 80.8 Å². The van der Waals surface area contributed by atoms with E-state index >= 15 is 0 Å². The molecule has 4 heterocycles. The van der Waals surface area contributed by atoms with Gasteiger partial charge in [-0.25, -0.2) is 13.4 Å². The Hall–Kier alpha value is -3.30. The number of anilines is 1. The van der Waals surface area contributed by atoms with Crippen molar-refractivity contribution in [3.63, 3.8) is 0 Å². The fourth-order valence-electron chi connectivity index (χ4n) is 5.86. The second-order valence-corrected chi connectivity index (χ2v) is 14.8. The Labute approximate surface area is 293 Å². The number of hydrogen-bond acceptors (Lipinski definition) is 10. The minimum absolute atomic E-state index is 0.0184. The molecule has 1 aliphatic carbocycles. The number of ether oxygens (including phenoxy) is 4. The standard InChI is InChI=1S/C33H36Cl2F2N4O7S/c34-25-18-38-19-26(35)24(25)16-29(22-6-8-28(48-33(36)37)30(15-22)46-20-21-4-5-21)47-32(42)27-3-1-2-10-41(27)49(43,44)23-7-9-31(39-17-23)40-11-13-45-14-12-40/h6-9,15,17-19,21,27,29,33H,1-5,10-14,16,20H2. The van der Waals surface area contributed by atoms with E-state index in [2.05, 4.69) is 9.97 Å². The molecular weight excluding hydrogens is 705 g/mol. The Morgan fingerprint density at radius 3 is 2.41 bits per heavy atom. The molecule has 0 spiro atoms. The Balaban J connectivity index is 1.28. The molecule has 0 radical (unpaired) electrons. The van der Waals surface area contributed by atoms with Crippen LogP contribution >= 0.6 is 23.2 Å². The molecule has 2 saturated heterocycles. The maximum atomic E-state index is 14.0. The van der Waals surface area contributed by atoms with E-state index in [0.29, 0.717) is 68.6 Å². The Bertz CT molecular complexity index is 1710. The van der Waals surface area contributed by atoms with E-state index in [-0.39, 0.29) is 45.8 Å². The van der Waals surface area contributed by atoms with Crippen molar-refractivity contribution in [3.05, 3.63) is 70.1 Å². The van der Waals surface area contributed by atoms with Crippen molar-refractivity contribution in [1.82, 2.24) is 14.3 Å². The molecule has 264 valence electrons. The molecule has 0 bridgehead atoms. The maximum absolute atomic E-state index is 14.0. The van der Waals surface area contributed by atoms with E-state index in [9.17, 15) is 22.0 Å². The summed E-state index contributed by atoms with van der Waals surface area (Å²) in [6.45, 7) is -0.253. The summed E-state index contributed by atoms with van der Waals surface area (Å²) in [7, 11) is -4.14. The maximum Gasteiger partial charge on any atom is 0.387 e. The summed E-state index contributed by atoms with van der Waals surface area (Å²) in [5, 5.41) is 0.456. The van der Waals surface area contributed by atoms with Gasteiger partial charge in [-0.05, 0) is 73.4 Å². The lowest BCUT2D eigenvalue weighted by Crippen LogP contribution is -2.48. The van der Waals surface area contributed by atoms with Crippen LogP contribution in [0.15, 0.2) is 53.8 Å². The highest BCUT2D eigenvalue weighted by Gasteiger charge is 2.40. The molecule has 0 N–H and O–H groups in total. The molecule has 2 atom stereocenters. The van der Waals surface area contributed by atoms with Gasteiger partial charge in [0.15, 0.2) is 11.5 Å². The smallest absolute Gasteiger partial charge is 0.387 e. The lowest BCUT2D eigenvalue weighted by atomic mass is 10.0. The van der Waals surface area contributed by atoms with Crippen LogP contribution in [-0.2, 0) is 30.7 Å². The molecule has 3 aliphatic rings. The van der Waals surface area contributed by atoms with E-state index in [1.165, 1.54) is 42.9 Å². The monoisotopic (exact) mass is 740 g/mol. The average molecular weight is 742 g/mol. The molecule has 2 unspecified atom stereocenters. The highest BCUT2D eigenvalue weighted by molar-refractivity contribution is 7.89. The number of morpholine rings is 1. The van der Waals surface area contributed by atoms with Crippen molar-refractivity contribution >= 4 is 45.0 Å². The van der Waals surface area contributed by atoms with Crippen molar-refractivity contribution in [1.29, 1.82) is 0 Å². The molecule has 3 aromatic rings. The summed E-state index contributed by atoms with van der Waals surface area (Å²) < 4.78 is 77.6. The number of piperidine rings is 1. The quantitative estimate of drug-likeness (QED) is 0.191. The molecule has 1 saturated carbocycles. The van der Waals surface area contributed by atoms with E-state index in [1.54, 1.807) is 6.07 Å². The first kappa shape index (κ1) is 35.5. The zero-order valence-electron chi connectivity index (χ0n) is 26.5. The Morgan fingerprint density at radius 1 is 0.980 bits per heavy atom. The third kappa shape index (κ3) is 8.72. The van der Waals surface area contributed by atoms with E-state index in [4.69, 9.17) is 42.1 Å². The molecule has 2 aliphatic heterocycles. The van der Waals surface area contributed by atoms with E-state index in [1.807, 2.05) is 4.90 Å². The van der Waals surface area contributed by atoms with Crippen molar-refractivity contribution in [2.24, 2.45) is 5.92 Å². The van der Waals surface area contributed by atoms with Crippen LogP contribution in [0.4, 0.5) is 14.6 Å². The predicted octanol–water partition coefficient (Wildman–Crippen LogP) is 6.08. The SMILES string of the molecule is O=C(OC(Cc1c(Cl)cncc1Cl)c1ccc(OC(F)F)c(OCC2CC2)c1)C1CCCCN1S(=O)(=O)c1ccc(N2CCOCC2)nc1. The van der Waals surface area contributed by atoms with Crippen molar-refractivity contribution in [3.8, 4) is 11.5 Å². The summed E-state index contributed by atoms with van der Waals surface area (Å²) in [6.07, 6.45) is 6.37. The Kier molecular flexibility index (Phi) is 11.4. The number of rotatable bonds is 13. The van der Waals surface area contributed by atoms with Gasteiger partial charge < -0.3 is 23.8 Å². The van der Waals surface area contributed by atoms with E-state index < -0.39 is 34.7 Å². The fraction of sp³-hybridized carbons (Fsp3) is 0.485. The summed E-state index contributed by atoms with van der Waals surface area (Å²) in [5.74, 6) is 0.0744. The topological polar surface area (TPSA) is 120 Å². The largest absolute Gasteiger partial charge is 0.489 e. The first-order valence-electron chi connectivity index (χ1n) is 16.1. The fourth-order valence-corrected chi connectivity index (χ4v) is 7.97. The third-order valence-electron chi connectivity index (χ3n) is 8.72. The molecular formula is C33H36Cl2F2N4O7S. The van der Waals surface area contributed by atoms with Gasteiger partial charge in [0.1, 0.15) is 22.9 Å². The molecule has 3 fully saturated rings. The molecule has 6 rings (SSSR count). The lowest BCUT2D eigenvalue weighted by molar-refractivity contribution is -0.155. The molecule has 0 amide bonds. The summed E-state index contributed by atoms with van der Waals surface area (Å²) in [6, 6.07) is 6.31. The number of benzene rings is 1. The average Bonchev–Trinajstić information content (AvgIpc) is 3.94. The number of halogens is 4. The van der Waals surface area contributed by atoms with Gasteiger partial charge in [0.05, 0.1) is 29.9 Å². The van der Waals surface area contributed by atoms with Crippen molar-refractivity contribution in [2.45, 2.75) is 62.2 Å². The number of alkyl halides is 2. The van der Waals surface area contributed by atoms with Gasteiger partial charge >= 0.3 is 12.6 Å². The first-order chi connectivity index (χ1) is 23.6. The van der Waals surface area contributed by atoms with Gasteiger partial charge in [-0.2, -0.15) is 13.1 Å². The van der Waals surface area contributed by atoms with Crippen LogP contribution in [0.5, 0.6) is 11.5 Å². The number of sulfonamides is 1. The van der Waals surface area contributed by atoms with Crippen LogP contribution in [0.25, 0.3) is 0 Å². The van der Waals surface area contributed by atoms with Gasteiger partial charge in [0.2, 0.25) is 10.0 Å². The van der Waals surface area contributed by atoms with Gasteiger partial charge in [0.25, 0.3) is 0 Å². The van der Waals surface area contributed by atoms with Gasteiger partial charge in [0, 0.05) is 44.6 Å². The second-order valence-electron chi connectivity index (χ2n) is 12.1. The number of carbonyl (C=O) groups excluding carboxylic acids is 1. The number of pyridine rings is 2. The zero-order valence-corrected chi connectivity index (χ0v) is 28.8. The summed E-state index contributed by atoms with van der Waals surface area (Å²) in [4.78, 5) is 24.4.